The van der Waals surface area contributed by atoms with E-state index in [2.05, 4.69) is 35.9 Å². The predicted molar refractivity (Wildman–Crippen MR) is 87.2 cm³/mol. The number of halogens is 2. The summed E-state index contributed by atoms with van der Waals surface area (Å²) >= 11 is 3.53. The van der Waals surface area contributed by atoms with Gasteiger partial charge in [0, 0.05) is 4.47 Å². The Morgan fingerprint density at radius 2 is 2.08 bits per heavy atom. The summed E-state index contributed by atoms with van der Waals surface area (Å²) in [5.41, 5.74) is 7.19. The third-order valence-electron chi connectivity index (χ3n) is 3.64. The Bertz CT molecular complexity index is 958. The fraction of sp³-hybridized carbons (Fsp3) is 0.133. The van der Waals surface area contributed by atoms with Crippen molar-refractivity contribution in [3.8, 4) is 0 Å². The summed E-state index contributed by atoms with van der Waals surface area (Å²) in [4.78, 5) is 14.6. The van der Waals surface area contributed by atoms with Gasteiger partial charge in [-0.1, -0.05) is 34.1 Å². The standard InChI is InChI=1S/C15H11BrFN5O2/c16-8-4-2-1-3-7(8)10(9-5-23-6-24-9)13-19-11-12(18)20-15(17)22-14(11)21-13/h1-5,10H,6H2,(H3,18,19,20,21,22). The summed E-state index contributed by atoms with van der Waals surface area (Å²) in [5.74, 6) is 0.688. The minimum atomic E-state index is -0.921. The number of H-pyrrole nitrogens is 1. The van der Waals surface area contributed by atoms with E-state index in [1.807, 2.05) is 24.3 Å². The number of benzene rings is 1. The maximum Gasteiger partial charge on any atom is 0.312 e. The number of hydrogen-bond donors (Lipinski definition) is 2. The van der Waals surface area contributed by atoms with Gasteiger partial charge in [0.2, 0.25) is 6.79 Å². The molecule has 3 N–H and O–H groups in total. The number of nitrogens with two attached hydrogens (primary N) is 1. The molecule has 1 unspecified atom stereocenters. The molecule has 0 saturated carbocycles. The second-order valence-electron chi connectivity index (χ2n) is 5.10. The molecule has 2 aromatic heterocycles. The molecule has 1 aliphatic rings. The first kappa shape index (κ1) is 14.9. The first-order valence-electron chi connectivity index (χ1n) is 7.01. The highest BCUT2D eigenvalue weighted by molar-refractivity contribution is 9.10. The van der Waals surface area contributed by atoms with Gasteiger partial charge in [-0.25, -0.2) is 4.98 Å². The molecule has 1 aromatic carbocycles. The van der Waals surface area contributed by atoms with Crippen LogP contribution in [0.25, 0.3) is 11.2 Å². The molecule has 1 aliphatic heterocycles. The SMILES string of the molecule is Nc1nc(F)nc2nc(C(C3=COCO3)c3ccccc3Br)[nH]c12. The molecule has 9 heteroatoms. The van der Waals surface area contributed by atoms with Crippen molar-refractivity contribution in [2.24, 2.45) is 0 Å². The number of rotatable bonds is 3. The number of aromatic nitrogens is 4. The van der Waals surface area contributed by atoms with Gasteiger partial charge < -0.3 is 20.2 Å². The molecule has 0 bridgehead atoms. The normalized spacial score (nSPS) is 15.0. The Morgan fingerprint density at radius 1 is 1.25 bits per heavy atom. The number of fused-ring (bicyclic) bond motifs is 1. The maximum atomic E-state index is 13.4. The van der Waals surface area contributed by atoms with E-state index in [4.69, 9.17) is 15.2 Å². The van der Waals surface area contributed by atoms with E-state index < -0.39 is 6.08 Å². The van der Waals surface area contributed by atoms with Gasteiger partial charge in [-0.3, -0.25) is 0 Å². The highest BCUT2D eigenvalue weighted by Gasteiger charge is 2.29. The van der Waals surface area contributed by atoms with Crippen molar-refractivity contribution < 1.29 is 13.9 Å². The van der Waals surface area contributed by atoms with Crippen LogP contribution < -0.4 is 5.73 Å². The van der Waals surface area contributed by atoms with Crippen LogP contribution in [-0.4, -0.2) is 26.7 Å². The smallest absolute Gasteiger partial charge is 0.312 e. The van der Waals surface area contributed by atoms with Crippen LogP contribution in [0.4, 0.5) is 10.2 Å². The van der Waals surface area contributed by atoms with Crippen molar-refractivity contribution in [1.29, 1.82) is 0 Å². The van der Waals surface area contributed by atoms with E-state index in [1.165, 1.54) is 6.26 Å². The fourth-order valence-electron chi connectivity index (χ4n) is 2.59. The highest BCUT2D eigenvalue weighted by Crippen LogP contribution is 2.37. The maximum absolute atomic E-state index is 13.4. The minimum absolute atomic E-state index is 0.000280. The third kappa shape index (κ3) is 2.46. The van der Waals surface area contributed by atoms with E-state index in [0.717, 1.165) is 10.0 Å². The fourth-order valence-corrected chi connectivity index (χ4v) is 3.11. The van der Waals surface area contributed by atoms with Crippen LogP contribution in [0.3, 0.4) is 0 Å². The van der Waals surface area contributed by atoms with Crippen LogP contribution >= 0.6 is 15.9 Å². The van der Waals surface area contributed by atoms with Crippen molar-refractivity contribution >= 4 is 32.9 Å². The highest BCUT2D eigenvalue weighted by atomic mass is 79.9. The number of nitrogens with zero attached hydrogens (tertiary/aromatic N) is 3. The second-order valence-corrected chi connectivity index (χ2v) is 5.96. The number of nitrogens with one attached hydrogen (secondary N) is 1. The van der Waals surface area contributed by atoms with Crippen molar-refractivity contribution in [3.05, 3.63) is 58.2 Å². The van der Waals surface area contributed by atoms with Gasteiger partial charge in [-0.15, -0.1) is 0 Å². The van der Waals surface area contributed by atoms with Crippen LogP contribution in [0.1, 0.15) is 17.3 Å². The Kier molecular flexibility index (Phi) is 3.57. The summed E-state index contributed by atoms with van der Waals surface area (Å²) < 4.78 is 25.0. The van der Waals surface area contributed by atoms with Gasteiger partial charge in [0.25, 0.3) is 0 Å². The number of imidazole rings is 1. The summed E-state index contributed by atoms with van der Waals surface area (Å²) in [6, 6.07) is 7.65. The summed E-state index contributed by atoms with van der Waals surface area (Å²) in [6.07, 6.45) is 0.613. The van der Waals surface area contributed by atoms with Crippen LogP contribution in [0.15, 0.2) is 40.8 Å². The Morgan fingerprint density at radius 3 is 2.83 bits per heavy atom. The van der Waals surface area contributed by atoms with Crippen LogP contribution in [0, 0.1) is 6.08 Å². The van der Waals surface area contributed by atoms with Gasteiger partial charge >= 0.3 is 6.08 Å². The molecule has 3 aromatic rings. The molecular formula is C15H11BrFN5O2. The van der Waals surface area contributed by atoms with Gasteiger partial charge in [0.15, 0.2) is 11.5 Å². The Labute approximate surface area is 143 Å². The van der Waals surface area contributed by atoms with Crippen LogP contribution in [0.5, 0.6) is 0 Å². The van der Waals surface area contributed by atoms with E-state index in [0.29, 0.717) is 17.1 Å². The van der Waals surface area contributed by atoms with Crippen molar-refractivity contribution in [3.63, 3.8) is 0 Å². The molecule has 122 valence electrons. The second kappa shape index (κ2) is 5.75. The van der Waals surface area contributed by atoms with E-state index >= 15 is 0 Å². The average molecular weight is 392 g/mol. The molecule has 0 amide bonds. The zero-order chi connectivity index (χ0) is 16.7. The van der Waals surface area contributed by atoms with Crippen LogP contribution in [-0.2, 0) is 9.47 Å². The van der Waals surface area contributed by atoms with Crippen molar-refractivity contribution in [1.82, 2.24) is 19.9 Å². The first-order chi connectivity index (χ1) is 11.6. The lowest BCUT2D eigenvalue weighted by Crippen LogP contribution is -2.08. The molecule has 0 spiro atoms. The first-order valence-corrected chi connectivity index (χ1v) is 7.80. The quantitative estimate of drug-likeness (QED) is 0.666. The molecular weight excluding hydrogens is 381 g/mol. The predicted octanol–water partition coefficient (Wildman–Crippen LogP) is 2.81. The zero-order valence-electron chi connectivity index (χ0n) is 12.2. The van der Waals surface area contributed by atoms with Gasteiger partial charge in [0.05, 0.1) is 0 Å². The average Bonchev–Trinajstić information content (AvgIpc) is 3.19. The Balaban J connectivity index is 1.91. The summed E-state index contributed by atoms with van der Waals surface area (Å²) in [5, 5.41) is 0. The molecule has 4 rings (SSSR count). The number of aromatic amines is 1. The monoisotopic (exact) mass is 391 g/mol. The van der Waals surface area contributed by atoms with E-state index in [-0.39, 0.29) is 24.2 Å². The zero-order valence-corrected chi connectivity index (χ0v) is 13.7. The summed E-state index contributed by atoms with van der Waals surface area (Å²) in [7, 11) is 0. The molecule has 7 nitrogen and oxygen atoms in total. The molecule has 3 heterocycles. The lowest BCUT2D eigenvalue weighted by Gasteiger charge is -2.16. The summed E-state index contributed by atoms with van der Waals surface area (Å²) in [6.45, 7) is 0.132. The molecule has 1 atom stereocenters. The van der Waals surface area contributed by atoms with E-state index in [1.54, 1.807) is 0 Å². The lowest BCUT2D eigenvalue weighted by atomic mass is 9.96. The molecule has 0 radical (unpaired) electrons. The largest absolute Gasteiger partial charge is 0.462 e. The number of hydrogen-bond acceptors (Lipinski definition) is 6. The van der Waals surface area contributed by atoms with E-state index in [9.17, 15) is 4.39 Å². The van der Waals surface area contributed by atoms with Crippen molar-refractivity contribution in [2.75, 3.05) is 12.5 Å². The number of nitrogen functional groups attached to an aromatic ring is 1. The van der Waals surface area contributed by atoms with Gasteiger partial charge in [-0.2, -0.15) is 14.4 Å². The van der Waals surface area contributed by atoms with Gasteiger partial charge in [0.1, 0.15) is 29.3 Å². The molecule has 0 saturated heterocycles. The topological polar surface area (TPSA) is 98.9 Å². The number of ether oxygens (including phenoxy) is 2. The third-order valence-corrected chi connectivity index (χ3v) is 4.36. The minimum Gasteiger partial charge on any atom is -0.462 e. The lowest BCUT2D eigenvalue weighted by molar-refractivity contribution is 0.0766. The van der Waals surface area contributed by atoms with Crippen molar-refractivity contribution in [2.45, 2.75) is 5.92 Å². The molecule has 24 heavy (non-hydrogen) atoms. The number of anilines is 1. The Hall–Kier alpha value is -2.68. The molecule has 0 aliphatic carbocycles. The van der Waals surface area contributed by atoms with Gasteiger partial charge in [-0.05, 0) is 11.6 Å². The van der Waals surface area contributed by atoms with Crippen LogP contribution in [0.2, 0.25) is 0 Å². The molecule has 0 fully saturated rings. The number of allylic oxidation sites excluding steroid dienone is 1.